The normalized spacial score (nSPS) is 14.6. The molecule has 0 aromatic heterocycles. The van der Waals surface area contributed by atoms with Gasteiger partial charge in [0.15, 0.2) is 0 Å². The molecule has 2 aromatic rings. The molecule has 0 spiro atoms. The maximum atomic E-state index is 12.9. The Morgan fingerprint density at radius 3 is 2.53 bits per heavy atom. The summed E-state index contributed by atoms with van der Waals surface area (Å²) in [6, 6.07) is 10.7. The van der Waals surface area contributed by atoms with Gasteiger partial charge in [0.05, 0.1) is 24.2 Å². The van der Waals surface area contributed by atoms with Crippen LogP contribution in [0.5, 0.6) is 5.75 Å². The molecule has 0 aliphatic carbocycles. The average Bonchev–Trinajstić information content (AvgIpc) is 2.79. The highest BCUT2D eigenvalue weighted by atomic mass is 35.5. The van der Waals surface area contributed by atoms with E-state index in [2.05, 4.69) is 5.32 Å². The zero-order valence-corrected chi connectivity index (χ0v) is 19.6. The standard InChI is InChI=1S/C22H26ClN3O5S/c1-25(15-21(27)24-19-14-17(23)9-10-20(19)31-2)22(28)16-7-6-8-18(13-16)32(29,30)26-11-4-3-5-12-26/h6-10,13-14H,3-5,11-12,15H2,1-2H3,(H,24,27). The number of hydrogen-bond acceptors (Lipinski definition) is 5. The van der Waals surface area contributed by atoms with E-state index in [-0.39, 0.29) is 17.0 Å². The highest BCUT2D eigenvalue weighted by Gasteiger charge is 2.27. The first-order chi connectivity index (χ1) is 15.2. The minimum absolute atomic E-state index is 0.0757. The zero-order valence-electron chi connectivity index (χ0n) is 18.0. The third-order valence-corrected chi connectivity index (χ3v) is 7.33. The highest BCUT2D eigenvalue weighted by molar-refractivity contribution is 7.89. The number of amides is 2. The van der Waals surface area contributed by atoms with Crippen molar-refractivity contribution in [1.82, 2.24) is 9.21 Å². The van der Waals surface area contributed by atoms with Gasteiger partial charge in [-0.1, -0.05) is 24.1 Å². The molecule has 32 heavy (non-hydrogen) atoms. The second kappa shape index (κ2) is 10.3. The van der Waals surface area contributed by atoms with Crippen LogP contribution in [0.15, 0.2) is 47.4 Å². The van der Waals surface area contributed by atoms with Crippen molar-refractivity contribution >= 4 is 39.1 Å². The van der Waals surface area contributed by atoms with Gasteiger partial charge >= 0.3 is 0 Å². The zero-order chi connectivity index (χ0) is 23.3. The monoisotopic (exact) mass is 479 g/mol. The topological polar surface area (TPSA) is 96.0 Å². The van der Waals surface area contributed by atoms with Gasteiger partial charge in [0.2, 0.25) is 15.9 Å². The van der Waals surface area contributed by atoms with Crippen LogP contribution in [0, 0.1) is 0 Å². The predicted molar refractivity (Wildman–Crippen MR) is 123 cm³/mol. The molecule has 1 aliphatic heterocycles. The van der Waals surface area contributed by atoms with Gasteiger partial charge in [-0.25, -0.2) is 8.42 Å². The molecule has 0 saturated carbocycles. The van der Waals surface area contributed by atoms with E-state index in [0.29, 0.717) is 29.5 Å². The van der Waals surface area contributed by atoms with Crippen molar-refractivity contribution < 1.29 is 22.7 Å². The van der Waals surface area contributed by atoms with Crippen molar-refractivity contribution in [3.8, 4) is 5.75 Å². The Morgan fingerprint density at radius 1 is 1.12 bits per heavy atom. The summed E-state index contributed by atoms with van der Waals surface area (Å²) >= 11 is 5.98. The minimum Gasteiger partial charge on any atom is -0.495 e. The van der Waals surface area contributed by atoms with Gasteiger partial charge in [0.1, 0.15) is 5.75 Å². The molecule has 0 bridgehead atoms. The van der Waals surface area contributed by atoms with Crippen molar-refractivity contribution in [2.75, 3.05) is 39.1 Å². The largest absolute Gasteiger partial charge is 0.495 e. The molecule has 8 nitrogen and oxygen atoms in total. The lowest BCUT2D eigenvalue weighted by Gasteiger charge is -2.26. The molecular formula is C22H26ClN3O5S. The molecule has 1 saturated heterocycles. The van der Waals surface area contributed by atoms with Crippen molar-refractivity contribution in [3.05, 3.63) is 53.1 Å². The average molecular weight is 480 g/mol. The van der Waals surface area contributed by atoms with Crippen LogP contribution in [0.3, 0.4) is 0 Å². The lowest BCUT2D eigenvalue weighted by atomic mass is 10.2. The minimum atomic E-state index is -3.66. The van der Waals surface area contributed by atoms with E-state index in [1.165, 1.54) is 47.6 Å². The first-order valence-corrected chi connectivity index (χ1v) is 12.0. The van der Waals surface area contributed by atoms with Crippen LogP contribution >= 0.6 is 11.6 Å². The predicted octanol–water partition coefficient (Wildman–Crippen LogP) is 3.23. The molecule has 1 aliphatic rings. The lowest BCUT2D eigenvalue weighted by Crippen LogP contribution is -2.36. The first kappa shape index (κ1) is 24.0. The van der Waals surface area contributed by atoms with E-state index in [1.54, 1.807) is 18.2 Å². The maximum Gasteiger partial charge on any atom is 0.254 e. The van der Waals surface area contributed by atoms with Gasteiger partial charge in [0, 0.05) is 30.7 Å². The summed E-state index contributed by atoms with van der Waals surface area (Å²) in [6.45, 7) is 0.721. The molecule has 1 fully saturated rings. The number of likely N-dealkylation sites (N-methyl/N-ethyl adjacent to an activating group) is 1. The SMILES string of the molecule is COc1ccc(Cl)cc1NC(=O)CN(C)C(=O)c1cccc(S(=O)(=O)N2CCCCC2)c1. The third kappa shape index (κ3) is 5.59. The second-order valence-corrected chi connectivity index (χ2v) is 9.92. The molecule has 2 aromatic carbocycles. The summed E-state index contributed by atoms with van der Waals surface area (Å²) in [6.07, 6.45) is 2.67. The molecule has 1 heterocycles. The number of anilines is 1. The molecular weight excluding hydrogens is 454 g/mol. The summed E-state index contributed by atoms with van der Waals surface area (Å²) in [4.78, 5) is 26.6. The fourth-order valence-electron chi connectivity index (χ4n) is 3.52. The number of benzene rings is 2. The summed E-state index contributed by atoms with van der Waals surface area (Å²) < 4.78 is 32.5. The summed E-state index contributed by atoms with van der Waals surface area (Å²) in [5.74, 6) is -0.472. The number of hydrogen-bond donors (Lipinski definition) is 1. The smallest absolute Gasteiger partial charge is 0.254 e. The second-order valence-electron chi connectivity index (χ2n) is 7.55. The lowest BCUT2D eigenvalue weighted by molar-refractivity contribution is -0.116. The Morgan fingerprint density at radius 2 is 1.84 bits per heavy atom. The van der Waals surface area contributed by atoms with E-state index in [4.69, 9.17) is 16.3 Å². The Labute approximate surface area is 193 Å². The van der Waals surface area contributed by atoms with E-state index in [0.717, 1.165) is 19.3 Å². The Kier molecular flexibility index (Phi) is 7.76. The van der Waals surface area contributed by atoms with Gasteiger partial charge < -0.3 is 15.0 Å². The Hall–Kier alpha value is -2.62. The molecule has 2 amide bonds. The number of methoxy groups -OCH3 is 1. The summed E-state index contributed by atoms with van der Waals surface area (Å²) in [5, 5.41) is 3.10. The summed E-state index contributed by atoms with van der Waals surface area (Å²) in [7, 11) is -0.716. The van der Waals surface area contributed by atoms with Gasteiger partial charge in [0.25, 0.3) is 5.91 Å². The van der Waals surface area contributed by atoms with Crippen molar-refractivity contribution in [2.45, 2.75) is 24.2 Å². The van der Waals surface area contributed by atoms with E-state index in [9.17, 15) is 18.0 Å². The number of rotatable bonds is 7. The fraction of sp³-hybridized carbons (Fsp3) is 0.364. The third-order valence-electron chi connectivity index (χ3n) is 5.20. The molecule has 10 heteroatoms. The molecule has 0 radical (unpaired) electrons. The fourth-order valence-corrected chi connectivity index (χ4v) is 5.25. The molecule has 0 unspecified atom stereocenters. The Balaban J connectivity index is 1.70. The highest BCUT2D eigenvalue weighted by Crippen LogP contribution is 2.27. The van der Waals surface area contributed by atoms with Crippen LogP contribution in [0.25, 0.3) is 0 Å². The van der Waals surface area contributed by atoms with Crippen LogP contribution in [0.4, 0.5) is 5.69 Å². The van der Waals surface area contributed by atoms with Crippen LogP contribution in [-0.4, -0.2) is 63.2 Å². The van der Waals surface area contributed by atoms with Gasteiger partial charge in [-0.05, 0) is 49.2 Å². The number of halogens is 1. The number of nitrogens with zero attached hydrogens (tertiary/aromatic N) is 2. The summed E-state index contributed by atoms with van der Waals surface area (Å²) in [5.41, 5.74) is 0.583. The number of ether oxygens (including phenoxy) is 1. The quantitative estimate of drug-likeness (QED) is 0.657. The number of carbonyl (C=O) groups excluding carboxylic acids is 2. The van der Waals surface area contributed by atoms with Gasteiger partial charge in [-0.2, -0.15) is 4.31 Å². The van der Waals surface area contributed by atoms with Crippen molar-refractivity contribution in [2.24, 2.45) is 0 Å². The maximum absolute atomic E-state index is 12.9. The van der Waals surface area contributed by atoms with Crippen LogP contribution < -0.4 is 10.1 Å². The van der Waals surface area contributed by atoms with Crippen molar-refractivity contribution in [1.29, 1.82) is 0 Å². The first-order valence-electron chi connectivity index (χ1n) is 10.2. The molecule has 3 rings (SSSR count). The van der Waals surface area contributed by atoms with Crippen LogP contribution in [0.2, 0.25) is 5.02 Å². The molecule has 1 N–H and O–H groups in total. The van der Waals surface area contributed by atoms with Crippen molar-refractivity contribution in [3.63, 3.8) is 0 Å². The van der Waals surface area contributed by atoms with E-state index >= 15 is 0 Å². The molecule has 172 valence electrons. The number of carbonyl (C=O) groups is 2. The van der Waals surface area contributed by atoms with E-state index < -0.39 is 21.8 Å². The van der Waals surface area contributed by atoms with Crippen LogP contribution in [0.1, 0.15) is 29.6 Å². The molecule has 0 atom stereocenters. The van der Waals surface area contributed by atoms with Gasteiger partial charge in [-0.15, -0.1) is 0 Å². The number of nitrogens with one attached hydrogen (secondary N) is 1. The van der Waals surface area contributed by atoms with E-state index in [1.807, 2.05) is 0 Å². The number of sulfonamides is 1. The van der Waals surface area contributed by atoms with Gasteiger partial charge in [-0.3, -0.25) is 9.59 Å². The Bertz CT molecular complexity index is 1100. The number of piperidine rings is 1. The van der Waals surface area contributed by atoms with Crippen LogP contribution in [-0.2, 0) is 14.8 Å².